The van der Waals surface area contributed by atoms with Crippen LogP contribution in [0.2, 0.25) is 5.02 Å². The average molecular weight is 511 g/mol. The van der Waals surface area contributed by atoms with Gasteiger partial charge in [-0.3, -0.25) is 0 Å². The highest BCUT2D eigenvalue weighted by Gasteiger charge is 2.33. The van der Waals surface area contributed by atoms with Gasteiger partial charge in [-0.15, -0.1) is 0 Å². The Balaban J connectivity index is 0.000000211. The van der Waals surface area contributed by atoms with E-state index in [4.69, 9.17) is 16.0 Å². The molecule has 0 aliphatic carbocycles. The molecule has 0 spiro atoms. The smallest absolute Gasteiger partial charge is 0.335 e. The van der Waals surface area contributed by atoms with Crippen LogP contribution in [-0.2, 0) is 20.9 Å². The summed E-state index contributed by atoms with van der Waals surface area (Å²) in [6, 6.07) is 23.8. The van der Waals surface area contributed by atoms with Crippen molar-refractivity contribution in [2.24, 2.45) is 0 Å². The zero-order valence-corrected chi connectivity index (χ0v) is 22.5. The first-order valence-corrected chi connectivity index (χ1v) is 13.1. The Kier molecular flexibility index (Phi) is 7.75. The van der Waals surface area contributed by atoms with E-state index in [-0.39, 0.29) is 15.7 Å². The largest absolute Gasteiger partial charge is 0.744 e. The maximum atomic E-state index is 10.7. The van der Waals surface area contributed by atoms with Gasteiger partial charge in [0.25, 0.3) is 0 Å². The molecule has 0 fully saturated rings. The zero-order chi connectivity index (χ0) is 26.0. The molecule has 1 heterocycles. The van der Waals surface area contributed by atoms with Crippen molar-refractivity contribution >= 4 is 32.5 Å². The Hall–Kier alpha value is -2.73. The molecule has 0 aliphatic heterocycles. The molecule has 4 nitrogen and oxygen atoms in total. The normalized spacial score (nSPS) is 12.2. The molecule has 0 saturated carbocycles. The van der Waals surface area contributed by atoms with Crippen molar-refractivity contribution in [2.45, 2.75) is 57.3 Å². The minimum atomic E-state index is -4.34. The third kappa shape index (κ3) is 7.14. The Bertz CT molecular complexity index is 1400. The lowest BCUT2D eigenvalue weighted by Gasteiger charge is -2.15. The minimum Gasteiger partial charge on any atom is -0.744 e. The van der Waals surface area contributed by atoms with Gasteiger partial charge in [-0.25, -0.2) is 12.8 Å². The number of halogens is 1. The van der Waals surface area contributed by atoms with Crippen molar-refractivity contribution in [3.8, 4) is 11.1 Å². The van der Waals surface area contributed by atoms with Gasteiger partial charge in [-0.2, -0.15) is 0 Å². The predicted octanol–water partition coefficient (Wildman–Crippen LogP) is 8.22. The highest BCUT2D eigenvalue weighted by molar-refractivity contribution is 7.85. The van der Waals surface area contributed by atoms with Gasteiger partial charge in [-0.1, -0.05) is 54.1 Å². The van der Waals surface area contributed by atoms with E-state index in [0.29, 0.717) is 0 Å². The van der Waals surface area contributed by atoms with Gasteiger partial charge < -0.3 is 4.55 Å². The summed E-state index contributed by atoms with van der Waals surface area (Å²) in [5, 5.41) is 2.43. The topological polar surface area (TPSA) is 68.5 Å². The van der Waals surface area contributed by atoms with E-state index in [0.717, 1.165) is 32.9 Å². The highest BCUT2D eigenvalue weighted by atomic mass is 35.5. The Morgan fingerprint density at radius 1 is 0.686 bits per heavy atom. The summed E-state index contributed by atoms with van der Waals surface area (Å²) in [7, 11) is -4.34. The van der Waals surface area contributed by atoms with Crippen molar-refractivity contribution in [1.29, 1.82) is 0 Å². The number of benzene rings is 3. The highest BCUT2D eigenvalue weighted by Crippen LogP contribution is 2.34. The Morgan fingerprint density at radius 2 is 1.20 bits per heavy atom. The molecule has 6 heteroatoms. The number of fused-ring (bicyclic) bond motifs is 1. The Labute approximate surface area is 213 Å². The molecular formula is C29H31ClO4S. The molecule has 184 valence electrons. The number of hydrogen-bond donors (Lipinski definition) is 0. The monoisotopic (exact) mass is 510 g/mol. The van der Waals surface area contributed by atoms with Crippen LogP contribution in [0.5, 0.6) is 0 Å². The molecule has 0 aliphatic rings. The summed E-state index contributed by atoms with van der Waals surface area (Å²) in [6.07, 6.45) is 0. The van der Waals surface area contributed by atoms with Crippen LogP contribution in [0.25, 0.3) is 21.9 Å². The quantitative estimate of drug-likeness (QED) is 0.201. The molecule has 0 radical (unpaired) electrons. The van der Waals surface area contributed by atoms with Crippen LogP contribution < -0.4 is 0 Å². The van der Waals surface area contributed by atoms with Crippen LogP contribution in [0.3, 0.4) is 0 Å². The third-order valence-corrected chi connectivity index (χ3v) is 6.54. The first kappa shape index (κ1) is 26.9. The van der Waals surface area contributed by atoms with Crippen LogP contribution in [0.15, 0.2) is 88.2 Å². The molecule has 0 saturated heterocycles. The van der Waals surface area contributed by atoms with Gasteiger partial charge >= 0.3 is 11.5 Å². The van der Waals surface area contributed by atoms with Crippen molar-refractivity contribution in [2.75, 3.05) is 0 Å². The average Bonchev–Trinajstić information content (AvgIpc) is 2.77. The second kappa shape index (κ2) is 10.1. The van der Waals surface area contributed by atoms with Crippen LogP contribution in [0, 0.1) is 0 Å². The molecule has 4 aromatic rings. The first-order chi connectivity index (χ1) is 16.1. The molecule has 0 atom stereocenters. The van der Waals surface area contributed by atoms with Crippen molar-refractivity contribution in [3.05, 3.63) is 95.4 Å². The lowest BCUT2D eigenvalue weighted by molar-refractivity contribution is 0.329. The fourth-order valence-corrected chi connectivity index (χ4v) is 4.00. The van der Waals surface area contributed by atoms with Gasteiger partial charge in [0.1, 0.15) is 10.1 Å². The molecule has 0 N–H and O–H groups in total. The standard InChI is InChI=1S/C19H24ClO.C10H8O3S/c1-18(2,3)16-11-14(12-17(21-16)19(4,5)6)13-7-9-15(20)10-8-13;11-14(12,13)10-6-5-8-3-1-2-4-9(8)7-10/h7-12H,1-6H3;1-7H,(H,11,12,13)/q+1;/p-1. The molecular weight excluding hydrogens is 480 g/mol. The molecule has 0 unspecified atom stereocenters. The summed E-state index contributed by atoms with van der Waals surface area (Å²) in [6.45, 7) is 13.0. The van der Waals surface area contributed by atoms with Crippen LogP contribution in [0.1, 0.15) is 53.1 Å². The second-order valence-electron chi connectivity index (χ2n) is 10.5. The predicted molar refractivity (Wildman–Crippen MR) is 143 cm³/mol. The number of hydrogen-bond acceptors (Lipinski definition) is 3. The molecule has 35 heavy (non-hydrogen) atoms. The zero-order valence-electron chi connectivity index (χ0n) is 20.9. The van der Waals surface area contributed by atoms with Crippen molar-refractivity contribution in [1.82, 2.24) is 0 Å². The van der Waals surface area contributed by atoms with Crippen LogP contribution in [0.4, 0.5) is 0 Å². The lowest BCUT2D eigenvalue weighted by Crippen LogP contribution is -2.16. The fourth-order valence-electron chi connectivity index (χ4n) is 3.37. The van der Waals surface area contributed by atoms with E-state index >= 15 is 0 Å². The fraction of sp³-hybridized carbons (Fsp3) is 0.276. The first-order valence-electron chi connectivity index (χ1n) is 11.3. The molecule has 3 aromatic carbocycles. The van der Waals surface area contributed by atoms with Gasteiger partial charge in [-0.05, 0) is 87.7 Å². The second-order valence-corrected chi connectivity index (χ2v) is 12.4. The van der Waals surface area contributed by atoms with Gasteiger partial charge in [0.15, 0.2) is 0 Å². The van der Waals surface area contributed by atoms with Gasteiger partial charge in [0.2, 0.25) is 0 Å². The van der Waals surface area contributed by atoms with Crippen molar-refractivity contribution in [3.63, 3.8) is 0 Å². The summed E-state index contributed by atoms with van der Waals surface area (Å²) in [5.74, 6) is 2.00. The molecule has 0 bridgehead atoms. The van der Waals surface area contributed by atoms with E-state index < -0.39 is 10.1 Å². The molecule has 0 amide bonds. The van der Waals surface area contributed by atoms with Crippen LogP contribution in [-0.4, -0.2) is 13.0 Å². The number of rotatable bonds is 2. The Morgan fingerprint density at radius 3 is 1.69 bits per heavy atom. The van der Waals surface area contributed by atoms with Crippen molar-refractivity contribution < 1.29 is 17.4 Å². The third-order valence-electron chi connectivity index (χ3n) is 5.46. The minimum absolute atomic E-state index is 0.0254. The molecule has 4 rings (SSSR count). The lowest BCUT2D eigenvalue weighted by atomic mass is 9.87. The van der Waals surface area contributed by atoms with E-state index in [1.54, 1.807) is 18.2 Å². The van der Waals surface area contributed by atoms with E-state index in [1.807, 2.05) is 24.3 Å². The summed E-state index contributed by atoms with van der Waals surface area (Å²) in [4.78, 5) is -0.184. The maximum absolute atomic E-state index is 10.7. The van der Waals surface area contributed by atoms with Gasteiger partial charge in [0, 0.05) is 17.2 Å². The summed E-state index contributed by atoms with van der Waals surface area (Å²) < 4.78 is 38.3. The van der Waals surface area contributed by atoms with E-state index in [2.05, 4.69) is 65.8 Å². The summed E-state index contributed by atoms with van der Waals surface area (Å²) >= 11 is 5.99. The van der Waals surface area contributed by atoms with Crippen LogP contribution >= 0.6 is 11.6 Å². The van der Waals surface area contributed by atoms with Gasteiger partial charge in [0.05, 0.1) is 15.7 Å². The van der Waals surface area contributed by atoms with E-state index in [1.165, 1.54) is 17.7 Å². The summed E-state index contributed by atoms with van der Waals surface area (Å²) in [5.41, 5.74) is 2.28. The SMILES string of the molecule is CC(C)(C)c1cc(-c2ccc(Cl)cc2)cc(C(C)(C)C)[o+]1.O=S(=O)([O-])c1ccc2ccccc2c1. The maximum Gasteiger partial charge on any atom is 0.335 e. The van der Waals surface area contributed by atoms with E-state index in [9.17, 15) is 13.0 Å². The molecule has 1 aromatic heterocycles.